The number of benzene rings is 1. The van der Waals surface area contributed by atoms with Gasteiger partial charge in [-0.05, 0) is 38.8 Å². The van der Waals surface area contributed by atoms with Crippen LogP contribution in [0.1, 0.15) is 24.1 Å². The molecule has 0 aliphatic carbocycles. The van der Waals surface area contributed by atoms with Gasteiger partial charge in [0.1, 0.15) is 17.9 Å². The van der Waals surface area contributed by atoms with E-state index in [-0.39, 0.29) is 0 Å². The van der Waals surface area contributed by atoms with E-state index in [1.54, 1.807) is 6.33 Å². The molecule has 7 heteroatoms. The minimum atomic E-state index is 0.437. The number of fused-ring (bicyclic) bond motifs is 1. The van der Waals surface area contributed by atoms with Crippen molar-refractivity contribution in [2.45, 2.75) is 26.7 Å². The maximum atomic E-state index is 6.20. The van der Waals surface area contributed by atoms with E-state index in [1.165, 1.54) is 0 Å². The Morgan fingerprint density at radius 1 is 1.27 bits per heavy atom. The lowest BCUT2D eigenvalue weighted by atomic mass is 9.98. The van der Waals surface area contributed by atoms with Crippen LogP contribution in [0.25, 0.3) is 5.78 Å². The molecule has 0 N–H and O–H groups in total. The van der Waals surface area contributed by atoms with Crippen LogP contribution in [-0.2, 0) is 0 Å². The van der Waals surface area contributed by atoms with Gasteiger partial charge in [-0.2, -0.15) is 14.6 Å². The first-order valence-corrected chi connectivity index (χ1v) is 9.30. The van der Waals surface area contributed by atoms with Crippen LogP contribution in [0.15, 0.2) is 30.6 Å². The third-order valence-corrected chi connectivity index (χ3v) is 5.32. The number of halogens is 1. The van der Waals surface area contributed by atoms with Gasteiger partial charge in [-0.3, -0.25) is 0 Å². The predicted octanol–water partition coefficient (Wildman–Crippen LogP) is 3.69. The highest BCUT2D eigenvalue weighted by molar-refractivity contribution is 6.32. The summed E-state index contributed by atoms with van der Waals surface area (Å²) in [6.45, 7) is 6.70. The number of piperidine rings is 1. The van der Waals surface area contributed by atoms with Gasteiger partial charge >= 0.3 is 0 Å². The molecule has 3 aromatic rings. The molecular weight excluding hydrogens is 350 g/mol. The third kappa shape index (κ3) is 3.21. The van der Waals surface area contributed by atoms with E-state index in [9.17, 15) is 0 Å². The van der Waals surface area contributed by atoms with E-state index in [1.807, 2.05) is 35.7 Å². The normalized spacial score (nSPS) is 17.7. The number of hydrogen-bond donors (Lipinski definition) is 0. The second-order valence-corrected chi connectivity index (χ2v) is 7.22. The van der Waals surface area contributed by atoms with Gasteiger partial charge in [0.15, 0.2) is 0 Å². The smallest absolute Gasteiger partial charge is 0.254 e. The Morgan fingerprint density at radius 3 is 2.96 bits per heavy atom. The largest absolute Gasteiger partial charge is 0.492 e. The lowest BCUT2D eigenvalue weighted by molar-refractivity contribution is 0.228. The van der Waals surface area contributed by atoms with E-state index >= 15 is 0 Å². The van der Waals surface area contributed by atoms with Crippen molar-refractivity contribution in [3.05, 3.63) is 46.9 Å². The summed E-state index contributed by atoms with van der Waals surface area (Å²) >= 11 is 6.20. The topological polar surface area (TPSA) is 55.5 Å². The van der Waals surface area contributed by atoms with Crippen molar-refractivity contribution in [1.82, 2.24) is 19.6 Å². The lowest BCUT2D eigenvalue weighted by Crippen LogP contribution is -2.39. The number of aromatic nitrogens is 4. The number of hydrogen-bond acceptors (Lipinski definition) is 5. The molecule has 0 saturated carbocycles. The number of rotatable bonds is 4. The van der Waals surface area contributed by atoms with Gasteiger partial charge in [0.2, 0.25) is 0 Å². The van der Waals surface area contributed by atoms with Crippen molar-refractivity contribution in [1.29, 1.82) is 0 Å². The standard InChI is InChI=1S/C19H22ClN5O/c1-13-14(2)23-19-21-12-22-25(19)18(13)24-9-5-6-15(10-24)11-26-17-8-4-3-7-16(17)20/h3-4,7-8,12,15H,5-6,9-11H2,1-2H3. The van der Waals surface area contributed by atoms with Crippen LogP contribution < -0.4 is 9.64 Å². The highest BCUT2D eigenvalue weighted by Crippen LogP contribution is 2.29. The van der Waals surface area contributed by atoms with Crippen LogP contribution in [-0.4, -0.2) is 39.3 Å². The Labute approximate surface area is 157 Å². The summed E-state index contributed by atoms with van der Waals surface area (Å²) in [7, 11) is 0. The molecule has 0 radical (unpaired) electrons. The first-order chi connectivity index (χ1) is 12.6. The molecule has 26 heavy (non-hydrogen) atoms. The monoisotopic (exact) mass is 371 g/mol. The molecule has 4 rings (SSSR count). The molecule has 1 atom stereocenters. The summed E-state index contributed by atoms with van der Waals surface area (Å²) in [6.07, 6.45) is 3.82. The quantitative estimate of drug-likeness (QED) is 0.700. The Balaban J connectivity index is 1.53. The Kier molecular flexibility index (Phi) is 4.68. The molecule has 1 saturated heterocycles. The summed E-state index contributed by atoms with van der Waals surface area (Å²) in [4.78, 5) is 11.2. The molecule has 3 heterocycles. The van der Waals surface area contributed by atoms with Gasteiger partial charge in [0.25, 0.3) is 5.78 Å². The van der Waals surface area contributed by atoms with Crippen LogP contribution in [0.3, 0.4) is 0 Å². The molecule has 0 bridgehead atoms. The number of anilines is 1. The Morgan fingerprint density at radius 2 is 2.12 bits per heavy atom. The zero-order valence-corrected chi connectivity index (χ0v) is 15.8. The van der Waals surface area contributed by atoms with Gasteiger partial charge in [0.05, 0.1) is 11.6 Å². The van der Waals surface area contributed by atoms with E-state index in [4.69, 9.17) is 16.3 Å². The van der Waals surface area contributed by atoms with Crippen molar-refractivity contribution in [2.24, 2.45) is 5.92 Å². The summed E-state index contributed by atoms with van der Waals surface area (Å²) in [5.74, 6) is 2.93. The molecule has 136 valence electrons. The first kappa shape index (κ1) is 17.1. The predicted molar refractivity (Wildman–Crippen MR) is 102 cm³/mol. The van der Waals surface area contributed by atoms with E-state index < -0.39 is 0 Å². The summed E-state index contributed by atoms with van der Waals surface area (Å²) in [5.41, 5.74) is 2.14. The Hall–Kier alpha value is -2.34. The molecule has 6 nitrogen and oxygen atoms in total. The van der Waals surface area contributed by atoms with E-state index in [0.717, 1.165) is 48.8 Å². The molecule has 0 amide bonds. The maximum absolute atomic E-state index is 6.20. The first-order valence-electron chi connectivity index (χ1n) is 8.92. The zero-order chi connectivity index (χ0) is 18.1. The van der Waals surface area contributed by atoms with E-state index in [2.05, 4.69) is 26.9 Å². The highest BCUT2D eigenvalue weighted by Gasteiger charge is 2.25. The lowest BCUT2D eigenvalue weighted by Gasteiger charge is -2.35. The second kappa shape index (κ2) is 7.11. The Bertz CT molecular complexity index is 925. The molecule has 1 aromatic carbocycles. The highest BCUT2D eigenvalue weighted by atomic mass is 35.5. The average Bonchev–Trinajstić information content (AvgIpc) is 3.10. The molecule has 1 aliphatic heterocycles. The van der Waals surface area contributed by atoms with Crippen LogP contribution in [0.5, 0.6) is 5.75 Å². The van der Waals surface area contributed by atoms with Crippen LogP contribution in [0.4, 0.5) is 5.82 Å². The summed E-state index contributed by atoms with van der Waals surface area (Å²) in [6, 6.07) is 7.63. The molecule has 0 spiro atoms. The van der Waals surface area contributed by atoms with Crippen molar-refractivity contribution < 1.29 is 4.74 Å². The molecule has 1 fully saturated rings. The van der Waals surface area contributed by atoms with Gasteiger partial charge in [-0.25, -0.2) is 4.98 Å². The van der Waals surface area contributed by atoms with Crippen molar-refractivity contribution >= 4 is 23.2 Å². The SMILES string of the molecule is Cc1nc2ncnn2c(N2CCCC(COc3ccccc3Cl)C2)c1C. The molecular formula is C19H22ClN5O. The summed E-state index contributed by atoms with van der Waals surface area (Å²) in [5, 5.41) is 5.04. The van der Waals surface area contributed by atoms with Gasteiger partial charge in [0, 0.05) is 30.3 Å². The molecule has 2 aromatic heterocycles. The number of aryl methyl sites for hydroxylation is 1. The van der Waals surface area contributed by atoms with Gasteiger partial charge in [-0.1, -0.05) is 23.7 Å². The minimum Gasteiger partial charge on any atom is -0.492 e. The van der Waals surface area contributed by atoms with Crippen LogP contribution in [0, 0.1) is 19.8 Å². The van der Waals surface area contributed by atoms with Crippen molar-refractivity contribution in [3.63, 3.8) is 0 Å². The fourth-order valence-corrected chi connectivity index (χ4v) is 3.74. The van der Waals surface area contributed by atoms with Crippen molar-refractivity contribution in [2.75, 3.05) is 24.6 Å². The maximum Gasteiger partial charge on any atom is 0.254 e. The fraction of sp³-hybridized carbons (Fsp3) is 0.421. The average molecular weight is 372 g/mol. The summed E-state index contributed by atoms with van der Waals surface area (Å²) < 4.78 is 7.83. The number of nitrogens with zero attached hydrogens (tertiary/aromatic N) is 5. The molecule has 1 aliphatic rings. The number of para-hydroxylation sites is 1. The molecule has 1 unspecified atom stereocenters. The van der Waals surface area contributed by atoms with Crippen LogP contribution >= 0.6 is 11.6 Å². The van der Waals surface area contributed by atoms with Gasteiger partial charge < -0.3 is 9.64 Å². The second-order valence-electron chi connectivity index (χ2n) is 6.81. The number of ether oxygens (including phenoxy) is 1. The van der Waals surface area contributed by atoms with Gasteiger partial charge in [-0.15, -0.1) is 0 Å². The fourth-order valence-electron chi connectivity index (χ4n) is 3.55. The van der Waals surface area contributed by atoms with E-state index in [0.29, 0.717) is 23.3 Å². The minimum absolute atomic E-state index is 0.437. The third-order valence-electron chi connectivity index (χ3n) is 5.01. The van der Waals surface area contributed by atoms with Crippen molar-refractivity contribution in [3.8, 4) is 5.75 Å². The zero-order valence-electron chi connectivity index (χ0n) is 15.0. The van der Waals surface area contributed by atoms with Crippen LogP contribution in [0.2, 0.25) is 5.02 Å².